The molecule has 2 aromatic rings. The maximum Gasteiger partial charge on any atom is 0.0111 e. The predicted molar refractivity (Wildman–Crippen MR) is 83.5 cm³/mol. The summed E-state index contributed by atoms with van der Waals surface area (Å²) in [6.07, 6.45) is 4.49. The fourth-order valence-corrected chi connectivity index (χ4v) is 2.55. The van der Waals surface area contributed by atoms with E-state index in [1.807, 2.05) is 6.07 Å². The molecular formula is C16H15I. The summed E-state index contributed by atoms with van der Waals surface area (Å²) in [7, 11) is 0. The molecule has 0 amide bonds. The van der Waals surface area contributed by atoms with Gasteiger partial charge >= 0.3 is 0 Å². The fraction of sp³-hybridized carbons (Fsp3) is 0.125. The van der Waals surface area contributed by atoms with E-state index in [-0.39, 0.29) is 0 Å². The minimum absolute atomic E-state index is 0.497. The van der Waals surface area contributed by atoms with Crippen LogP contribution in [-0.2, 0) is 0 Å². The van der Waals surface area contributed by atoms with Crippen molar-refractivity contribution in [3.63, 3.8) is 0 Å². The van der Waals surface area contributed by atoms with Gasteiger partial charge in [-0.15, -0.1) is 0 Å². The first-order valence-electron chi connectivity index (χ1n) is 5.74. The van der Waals surface area contributed by atoms with E-state index in [2.05, 4.69) is 89.3 Å². The average molecular weight is 334 g/mol. The molecule has 0 aliphatic rings. The molecule has 86 valence electrons. The van der Waals surface area contributed by atoms with Crippen molar-refractivity contribution in [3.05, 3.63) is 77.9 Å². The first-order chi connectivity index (χ1) is 8.40. The van der Waals surface area contributed by atoms with E-state index in [1.54, 1.807) is 0 Å². The quantitative estimate of drug-likeness (QED) is 0.550. The lowest BCUT2D eigenvalue weighted by Crippen LogP contribution is -1.95. The van der Waals surface area contributed by atoms with Gasteiger partial charge in [-0.25, -0.2) is 0 Å². The first kappa shape index (κ1) is 12.4. The van der Waals surface area contributed by atoms with Gasteiger partial charge in [0.15, 0.2) is 0 Å². The summed E-state index contributed by atoms with van der Waals surface area (Å²) in [5.74, 6) is 0.497. The number of benzene rings is 2. The fourth-order valence-electron chi connectivity index (χ4n) is 1.74. The summed E-state index contributed by atoms with van der Waals surface area (Å²) in [6, 6.07) is 21.1. The largest absolute Gasteiger partial charge is 0.0854 e. The van der Waals surface area contributed by atoms with Crippen LogP contribution in [0.4, 0.5) is 0 Å². The summed E-state index contributed by atoms with van der Waals surface area (Å²) in [5, 5.41) is 0. The van der Waals surface area contributed by atoms with Crippen LogP contribution in [0.2, 0.25) is 0 Å². The highest BCUT2D eigenvalue weighted by Gasteiger charge is 2.04. The topological polar surface area (TPSA) is 0 Å². The van der Waals surface area contributed by atoms with Crippen molar-refractivity contribution in [2.45, 2.75) is 5.92 Å². The number of halogens is 1. The van der Waals surface area contributed by atoms with Crippen LogP contribution >= 0.6 is 22.6 Å². The third-order valence-electron chi connectivity index (χ3n) is 2.71. The highest BCUT2D eigenvalue weighted by atomic mass is 127. The highest BCUT2D eigenvalue weighted by molar-refractivity contribution is 14.1. The van der Waals surface area contributed by atoms with Crippen LogP contribution in [0.1, 0.15) is 17.0 Å². The Balaban J connectivity index is 2.14. The lowest BCUT2D eigenvalue weighted by Gasteiger charge is -2.09. The van der Waals surface area contributed by atoms with Gasteiger partial charge in [-0.05, 0) is 11.1 Å². The first-order valence-corrected chi connectivity index (χ1v) is 7.27. The zero-order valence-corrected chi connectivity index (χ0v) is 11.7. The molecule has 0 aliphatic carbocycles. The molecule has 0 N–H and O–H groups in total. The van der Waals surface area contributed by atoms with Gasteiger partial charge in [0.1, 0.15) is 0 Å². The van der Waals surface area contributed by atoms with Crippen LogP contribution in [0.5, 0.6) is 0 Å². The summed E-state index contributed by atoms with van der Waals surface area (Å²) < 4.78 is 1.10. The Kier molecular flexibility index (Phi) is 4.80. The SMILES string of the molecule is ICC(/C=C/c1ccccc1)c1ccccc1. The van der Waals surface area contributed by atoms with Gasteiger partial charge < -0.3 is 0 Å². The van der Waals surface area contributed by atoms with Gasteiger partial charge in [-0.1, -0.05) is 95.4 Å². The molecule has 0 spiro atoms. The van der Waals surface area contributed by atoms with Crippen LogP contribution in [0.15, 0.2) is 66.7 Å². The van der Waals surface area contributed by atoms with Crippen molar-refractivity contribution in [2.24, 2.45) is 0 Å². The number of rotatable bonds is 4. The molecule has 17 heavy (non-hydrogen) atoms. The smallest absolute Gasteiger partial charge is 0.0111 e. The second-order valence-corrected chi connectivity index (χ2v) is 4.82. The van der Waals surface area contributed by atoms with E-state index in [4.69, 9.17) is 0 Å². The van der Waals surface area contributed by atoms with E-state index in [9.17, 15) is 0 Å². The van der Waals surface area contributed by atoms with Crippen molar-refractivity contribution in [1.29, 1.82) is 0 Å². The van der Waals surface area contributed by atoms with Crippen LogP contribution < -0.4 is 0 Å². The molecule has 0 bridgehead atoms. The molecule has 0 nitrogen and oxygen atoms in total. The molecule has 0 saturated carbocycles. The molecular weight excluding hydrogens is 319 g/mol. The molecule has 1 atom stereocenters. The second kappa shape index (κ2) is 6.60. The molecule has 0 radical (unpaired) electrons. The summed E-state index contributed by atoms with van der Waals surface area (Å²) >= 11 is 2.44. The van der Waals surface area contributed by atoms with Crippen molar-refractivity contribution in [3.8, 4) is 0 Å². The maximum absolute atomic E-state index is 2.44. The number of hydrogen-bond donors (Lipinski definition) is 0. The van der Waals surface area contributed by atoms with Crippen molar-refractivity contribution < 1.29 is 0 Å². The Bertz CT molecular complexity index is 459. The third-order valence-corrected chi connectivity index (χ3v) is 3.66. The van der Waals surface area contributed by atoms with E-state index < -0.39 is 0 Å². The van der Waals surface area contributed by atoms with Gasteiger partial charge in [-0.3, -0.25) is 0 Å². The van der Waals surface area contributed by atoms with Gasteiger partial charge in [0.25, 0.3) is 0 Å². The Hall–Kier alpha value is -1.09. The summed E-state index contributed by atoms with van der Waals surface area (Å²) in [6.45, 7) is 0. The zero-order valence-electron chi connectivity index (χ0n) is 9.59. The van der Waals surface area contributed by atoms with Crippen LogP contribution in [0.3, 0.4) is 0 Å². The Morgan fingerprint density at radius 1 is 0.882 bits per heavy atom. The zero-order chi connectivity index (χ0) is 11.9. The van der Waals surface area contributed by atoms with E-state index in [0.29, 0.717) is 5.92 Å². The van der Waals surface area contributed by atoms with Crippen LogP contribution in [0, 0.1) is 0 Å². The van der Waals surface area contributed by atoms with Gasteiger partial charge in [0, 0.05) is 10.3 Å². The Morgan fingerprint density at radius 2 is 1.47 bits per heavy atom. The summed E-state index contributed by atoms with van der Waals surface area (Å²) in [4.78, 5) is 0. The third kappa shape index (κ3) is 3.70. The number of hydrogen-bond acceptors (Lipinski definition) is 0. The molecule has 2 rings (SSSR count). The summed E-state index contributed by atoms with van der Waals surface area (Å²) in [5.41, 5.74) is 2.65. The molecule has 0 aliphatic heterocycles. The second-order valence-electron chi connectivity index (χ2n) is 3.94. The number of allylic oxidation sites excluding steroid dienone is 1. The van der Waals surface area contributed by atoms with Crippen molar-refractivity contribution >= 4 is 28.7 Å². The molecule has 0 heterocycles. The lowest BCUT2D eigenvalue weighted by atomic mass is 10.00. The minimum Gasteiger partial charge on any atom is -0.0854 e. The van der Waals surface area contributed by atoms with Crippen molar-refractivity contribution in [1.82, 2.24) is 0 Å². The molecule has 1 unspecified atom stereocenters. The van der Waals surface area contributed by atoms with Crippen molar-refractivity contribution in [2.75, 3.05) is 4.43 Å². The normalized spacial score (nSPS) is 12.8. The highest BCUT2D eigenvalue weighted by Crippen LogP contribution is 2.20. The Morgan fingerprint density at radius 3 is 2.06 bits per heavy atom. The van der Waals surface area contributed by atoms with E-state index in [1.165, 1.54) is 11.1 Å². The molecule has 0 saturated heterocycles. The monoisotopic (exact) mass is 334 g/mol. The maximum atomic E-state index is 2.44. The van der Waals surface area contributed by atoms with E-state index in [0.717, 1.165) is 4.43 Å². The lowest BCUT2D eigenvalue weighted by molar-refractivity contribution is 1.01. The van der Waals surface area contributed by atoms with Crippen LogP contribution in [0.25, 0.3) is 6.08 Å². The molecule has 0 aromatic heterocycles. The minimum atomic E-state index is 0.497. The predicted octanol–water partition coefficient (Wildman–Crippen LogP) is 4.92. The Labute approximate surface area is 117 Å². The average Bonchev–Trinajstić information content (AvgIpc) is 2.42. The molecule has 1 heteroatoms. The van der Waals surface area contributed by atoms with Gasteiger partial charge in [0.2, 0.25) is 0 Å². The molecule has 0 fully saturated rings. The van der Waals surface area contributed by atoms with E-state index >= 15 is 0 Å². The molecule has 2 aromatic carbocycles. The van der Waals surface area contributed by atoms with Gasteiger partial charge in [0.05, 0.1) is 0 Å². The number of alkyl halides is 1. The van der Waals surface area contributed by atoms with Crippen LogP contribution in [-0.4, -0.2) is 4.43 Å². The van der Waals surface area contributed by atoms with Gasteiger partial charge in [-0.2, -0.15) is 0 Å². The standard InChI is InChI=1S/C16H15I/c17-13-16(15-9-5-2-6-10-15)12-11-14-7-3-1-4-8-14/h1-12,16H,13H2/b12-11+.